The highest BCUT2D eigenvalue weighted by molar-refractivity contribution is 5.73. The lowest BCUT2D eigenvalue weighted by atomic mass is 10.2. The zero-order valence-corrected chi connectivity index (χ0v) is 9.92. The molecule has 0 fully saturated rings. The normalized spacial score (nSPS) is 10.0. The molecule has 0 spiro atoms. The van der Waals surface area contributed by atoms with E-state index < -0.39 is 5.97 Å². The number of carboxylic acid groups (broad SMARTS) is 1. The molecule has 5 heteroatoms. The minimum Gasteiger partial charge on any atom is -0.480 e. The Balaban J connectivity index is 2.95. The number of carboxylic acids is 1. The van der Waals surface area contributed by atoms with Gasteiger partial charge in [-0.2, -0.15) is 5.26 Å². The van der Waals surface area contributed by atoms with Gasteiger partial charge >= 0.3 is 5.97 Å². The summed E-state index contributed by atoms with van der Waals surface area (Å²) in [4.78, 5) is 16.4. The first-order valence-corrected chi connectivity index (χ1v) is 5.36. The second kappa shape index (κ2) is 5.85. The van der Waals surface area contributed by atoms with E-state index in [0.29, 0.717) is 23.8 Å². The molecule has 1 rings (SSSR count). The van der Waals surface area contributed by atoms with E-state index in [4.69, 9.17) is 10.4 Å². The summed E-state index contributed by atoms with van der Waals surface area (Å²) in [7, 11) is 0. The Hall–Kier alpha value is -2.09. The predicted molar refractivity (Wildman–Crippen MR) is 63.6 cm³/mol. The summed E-state index contributed by atoms with van der Waals surface area (Å²) in [6.45, 7) is 4.58. The number of aromatic nitrogens is 1. The maximum Gasteiger partial charge on any atom is 0.323 e. The second-order valence-corrected chi connectivity index (χ2v) is 4.18. The molecule has 0 unspecified atom stereocenters. The monoisotopic (exact) mass is 233 g/mol. The Morgan fingerprint density at radius 3 is 2.88 bits per heavy atom. The van der Waals surface area contributed by atoms with Gasteiger partial charge in [-0.05, 0) is 18.1 Å². The van der Waals surface area contributed by atoms with Crippen LogP contribution in [0, 0.1) is 17.2 Å². The number of anilines is 1. The number of carbonyl (C=O) groups is 1. The topological polar surface area (TPSA) is 77.2 Å². The molecule has 0 bridgehead atoms. The van der Waals surface area contributed by atoms with Crippen LogP contribution >= 0.6 is 0 Å². The molecule has 0 aromatic carbocycles. The first-order valence-electron chi connectivity index (χ1n) is 5.36. The molecule has 5 nitrogen and oxygen atoms in total. The van der Waals surface area contributed by atoms with Crippen LogP contribution in [0.5, 0.6) is 0 Å². The summed E-state index contributed by atoms with van der Waals surface area (Å²) >= 11 is 0. The zero-order valence-electron chi connectivity index (χ0n) is 9.92. The fourth-order valence-corrected chi connectivity index (χ4v) is 1.54. The Kier molecular flexibility index (Phi) is 4.46. The quantitative estimate of drug-likeness (QED) is 0.833. The van der Waals surface area contributed by atoms with E-state index in [1.807, 2.05) is 19.9 Å². The van der Waals surface area contributed by atoms with Gasteiger partial charge in [0, 0.05) is 18.4 Å². The minimum atomic E-state index is -0.888. The number of hydrogen-bond donors (Lipinski definition) is 1. The molecular weight excluding hydrogens is 218 g/mol. The van der Waals surface area contributed by atoms with Gasteiger partial charge in [0.2, 0.25) is 0 Å². The van der Waals surface area contributed by atoms with Gasteiger partial charge < -0.3 is 10.0 Å². The van der Waals surface area contributed by atoms with Gasteiger partial charge in [-0.1, -0.05) is 13.8 Å². The van der Waals surface area contributed by atoms with E-state index in [9.17, 15) is 4.79 Å². The summed E-state index contributed by atoms with van der Waals surface area (Å²) in [6, 6.07) is 5.26. The summed E-state index contributed by atoms with van der Waals surface area (Å²) in [5, 5.41) is 17.6. The van der Waals surface area contributed by atoms with Crippen molar-refractivity contribution in [3.63, 3.8) is 0 Å². The number of aliphatic carboxylic acids is 1. The Morgan fingerprint density at radius 1 is 1.65 bits per heavy atom. The van der Waals surface area contributed by atoms with Crippen molar-refractivity contribution in [1.29, 1.82) is 5.26 Å². The van der Waals surface area contributed by atoms with Gasteiger partial charge in [0.15, 0.2) is 0 Å². The summed E-state index contributed by atoms with van der Waals surface area (Å²) < 4.78 is 0. The molecule has 0 atom stereocenters. The highest BCUT2D eigenvalue weighted by Crippen LogP contribution is 2.15. The molecule has 1 heterocycles. The van der Waals surface area contributed by atoms with Crippen molar-refractivity contribution in [2.75, 3.05) is 18.0 Å². The number of hydrogen-bond acceptors (Lipinski definition) is 4. The van der Waals surface area contributed by atoms with Gasteiger partial charge in [-0.3, -0.25) is 4.79 Å². The van der Waals surface area contributed by atoms with Gasteiger partial charge in [0.1, 0.15) is 18.3 Å². The van der Waals surface area contributed by atoms with Crippen molar-refractivity contribution < 1.29 is 9.90 Å². The van der Waals surface area contributed by atoms with Crippen LogP contribution < -0.4 is 4.90 Å². The zero-order chi connectivity index (χ0) is 12.8. The SMILES string of the molecule is CC(C)CN(CC(=O)O)c1ccnc(C#N)c1. The maximum atomic E-state index is 10.8. The van der Waals surface area contributed by atoms with E-state index >= 15 is 0 Å². The van der Waals surface area contributed by atoms with Gasteiger partial charge in [-0.25, -0.2) is 4.98 Å². The second-order valence-electron chi connectivity index (χ2n) is 4.18. The average Bonchev–Trinajstić information content (AvgIpc) is 2.27. The van der Waals surface area contributed by atoms with Crippen LogP contribution in [-0.2, 0) is 4.79 Å². The molecule has 90 valence electrons. The number of nitrogens with zero attached hydrogens (tertiary/aromatic N) is 3. The molecule has 0 radical (unpaired) electrons. The Labute approximate surface area is 100 Å². The minimum absolute atomic E-state index is 0.0763. The van der Waals surface area contributed by atoms with Crippen LogP contribution in [0.25, 0.3) is 0 Å². The van der Waals surface area contributed by atoms with Crippen LogP contribution in [0.15, 0.2) is 18.3 Å². The lowest BCUT2D eigenvalue weighted by molar-refractivity contribution is -0.135. The highest BCUT2D eigenvalue weighted by Gasteiger charge is 2.12. The van der Waals surface area contributed by atoms with Gasteiger partial charge in [-0.15, -0.1) is 0 Å². The van der Waals surface area contributed by atoms with E-state index in [1.54, 1.807) is 17.0 Å². The van der Waals surface area contributed by atoms with Crippen LogP contribution in [0.4, 0.5) is 5.69 Å². The molecule has 1 aromatic heterocycles. The first kappa shape index (κ1) is 13.0. The van der Waals surface area contributed by atoms with Gasteiger partial charge in [0.05, 0.1) is 0 Å². The van der Waals surface area contributed by atoms with E-state index in [-0.39, 0.29) is 6.54 Å². The van der Waals surface area contributed by atoms with Gasteiger partial charge in [0.25, 0.3) is 0 Å². The molecule has 0 saturated heterocycles. The Bertz CT molecular complexity index is 438. The number of rotatable bonds is 5. The van der Waals surface area contributed by atoms with Crippen molar-refractivity contribution in [1.82, 2.24) is 4.98 Å². The standard InChI is InChI=1S/C12H15N3O2/c1-9(2)7-15(8-12(16)17)11-3-4-14-10(5-11)6-13/h3-5,9H,7-8H2,1-2H3,(H,16,17). The molecule has 17 heavy (non-hydrogen) atoms. The molecule has 0 aliphatic heterocycles. The third-order valence-electron chi connectivity index (χ3n) is 2.13. The third-order valence-corrected chi connectivity index (χ3v) is 2.13. The molecule has 0 aliphatic carbocycles. The summed E-state index contributed by atoms with van der Waals surface area (Å²) in [5.41, 5.74) is 1.01. The van der Waals surface area contributed by atoms with Crippen LogP contribution in [0.2, 0.25) is 0 Å². The summed E-state index contributed by atoms with van der Waals surface area (Å²) in [6.07, 6.45) is 1.52. The molecule has 1 aromatic rings. The van der Waals surface area contributed by atoms with Crippen molar-refractivity contribution in [2.45, 2.75) is 13.8 Å². The van der Waals surface area contributed by atoms with Crippen LogP contribution in [0.3, 0.4) is 0 Å². The number of pyridine rings is 1. The molecular formula is C12H15N3O2. The average molecular weight is 233 g/mol. The number of nitriles is 1. The van der Waals surface area contributed by atoms with Crippen molar-refractivity contribution in [3.8, 4) is 6.07 Å². The Morgan fingerprint density at radius 2 is 2.35 bits per heavy atom. The lowest BCUT2D eigenvalue weighted by Crippen LogP contribution is -2.33. The third kappa shape index (κ3) is 4.11. The maximum absolute atomic E-state index is 10.8. The van der Waals surface area contributed by atoms with Crippen molar-refractivity contribution >= 4 is 11.7 Å². The largest absolute Gasteiger partial charge is 0.480 e. The smallest absolute Gasteiger partial charge is 0.323 e. The van der Waals surface area contributed by atoms with Crippen molar-refractivity contribution in [2.24, 2.45) is 5.92 Å². The van der Waals surface area contributed by atoms with E-state index in [0.717, 1.165) is 0 Å². The molecule has 1 N–H and O–H groups in total. The predicted octanol–water partition coefficient (Wildman–Crippen LogP) is 1.50. The van der Waals surface area contributed by atoms with Crippen molar-refractivity contribution in [3.05, 3.63) is 24.0 Å². The van der Waals surface area contributed by atoms with Crippen LogP contribution in [0.1, 0.15) is 19.5 Å². The lowest BCUT2D eigenvalue weighted by Gasteiger charge is -2.24. The first-order chi connectivity index (χ1) is 8.02. The summed E-state index contributed by atoms with van der Waals surface area (Å²) in [5.74, 6) is -0.547. The fourth-order valence-electron chi connectivity index (χ4n) is 1.54. The fraction of sp³-hybridized carbons (Fsp3) is 0.417. The van der Waals surface area contributed by atoms with E-state index in [2.05, 4.69) is 4.98 Å². The molecule has 0 aliphatic rings. The molecule has 0 amide bonds. The van der Waals surface area contributed by atoms with Crippen LogP contribution in [-0.4, -0.2) is 29.1 Å². The van der Waals surface area contributed by atoms with E-state index in [1.165, 1.54) is 6.20 Å². The molecule has 0 saturated carbocycles. The highest BCUT2D eigenvalue weighted by atomic mass is 16.4.